The Morgan fingerprint density at radius 2 is 1.81 bits per heavy atom. The first-order valence-electron chi connectivity index (χ1n) is 11.0. The Morgan fingerprint density at radius 3 is 2.51 bits per heavy atom. The minimum absolute atomic E-state index is 0.137. The third-order valence-corrected chi connectivity index (χ3v) is 5.17. The van der Waals surface area contributed by atoms with Crippen LogP contribution in [0, 0.1) is 0 Å². The van der Waals surface area contributed by atoms with Crippen molar-refractivity contribution in [3.63, 3.8) is 0 Å². The molecule has 11 heteroatoms. The molecule has 37 heavy (non-hydrogen) atoms. The molecule has 0 atom stereocenters. The van der Waals surface area contributed by atoms with Crippen molar-refractivity contribution in [3.05, 3.63) is 94.4 Å². The van der Waals surface area contributed by atoms with E-state index in [1.807, 2.05) is 24.3 Å². The number of aromatic nitrogens is 3. The van der Waals surface area contributed by atoms with Crippen LogP contribution in [-0.4, -0.2) is 46.0 Å². The maximum atomic E-state index is 12.5. The summed E-state index contributed by atoms with van der Waals surface area (Å²) in [5, 5.41) is 3.89. The third kappa shape index (κ3) is 6.72. The van der Waals surface area contributed by atoms with E-state index in [1.54, 1.807) is 32.4 Å². The number of carbonyl (C=O) groups excluding carboxylic acids is 1. The largest absolute Gasteiger partial charge is 0.573 e. The van der Waals surface area contributed by atoms with Crippen molar-refractivity contribution in [3.8, 4) is 28.6 Å². The molecular formula is C26H21F3N4O4. The molecule has 0 aliphatic rings. The van der Waals surface area contributed by atoms with Gasteiger partial charge in [-0.05, 0) is 53.6 Å². The maximum Gasteiger partial charge on any atom is 0.573 e. The molecule has 190 valence electrons. The van der Waals surface area contributed by atoms with Crippen LogP contribution in [-0.2, 0) is 11.3 Å². The van der Waals surface area contributed by atoms with Gasteiger partial charge in [0.05, 0.1) is 12.1 Å². The Balaban J connectivity index is 1.52. The Hall–Kier alpha value is -4.67. The lowest BCUT2D eigenvalue weighted by Gasteiger charge is -2.08. The van der Waals surface area contributed by atoms with E-state index in [0.29, 0.717) is 11.1 Å². The standard InChI is InChI=1S/C26H21F3N4O4/c1-32(2)22(34)12-6-17-4-3-5-18(14-17)15-33-16-20(9-13-23(33)35)25-30-24(31-37-25)19-7-10-21(11-8-19)36-26(27,28)29/h3-14,16H,15H2,1-2H3. The molecule has 0 unspecified atom stereocenters. The number of ether oxygens (including phenoxy) is 1. The summed E-state index contributed by atoms with van der Waals surface area (Å²) in [6.45, 7) is 0.262. The van der Waals surface area contributed by atoms with E-state index in [9.17, 15) is 22.8 Å². The fraction of sp³-hybridized carbons (Fsp3) is 0.154. The minimum Gasteiger partial charge on any atom is -0.406 e. The zero-order valence-electron chi connectivity index (χ0n) is 19.8. The van der Waals surface area contributed by atoms with Crippen LogP contribution in [0.3, 0.4) is 0 Å². The second kappa shape index (κ2) is 10.5. The highest BCUT2D eigenvalue weighted by molar-refractivity contribution is 5.91. The summed E-state index contributed by atoms with van der Waals surface area (Å²) in [4.78, 5) is 30.0. The van der Waals surface area contributed by atoms with Crippen LogP contribution in [0.4, 0.5) is 13.2 Å². The average Bonchev–Trinajstić information content (AvgIpc) is 3.34. The van der Waals surface area contributed by atoms with E-state index in [-0.39, 0.29) is 35.5 Å². The molecule has 0 saturated heterocycles. The third-order valence-electron chi connectivity index (χ3n) is 5.17. The monoisotopic (exact) mass is 510 g/mol. The Bertz CT molecular complexity index is 1490. The number of pyridine rings is 1. The van der Waals surface area contributed by atoms with Crippen molar-refractivity contribution in [1.29, 1.82) is 0 Å². The number of rotatable bonds is 7. The van der Waals surface area contributed by atoms with Crippen molar-refractivity contribution >= 4 is 12.0 Å². The predicted octanol–water partition coefficient (Wildman–Crippen LogP) is 4.61. The zero-order valence-corrected chi connectivity index (χ0v) is 19.8. The Labute approximate surface area is 209 Å². The molecule has 4 aromatic rings. The van der Waals surface area contributed by atoms with Gasteiger partial charge in [-0.25, -0.2) is 0 Å². The maximum absolute atomic E-state index is 12.5. The first kappa shape index (κ1) is 25.4. The van der Waals surface area contributed by atoms with Gasteiger partial charge in [-0.1, -0.05) is 23.4 Å². The van der Waals surface area contributed by atoms with E-state index in [2.05, 4.69) is 14.9 Å². The van der Waals surface area contributed by atoms with Crippen molar-refractivity contribution in [2.24, 2.45) is 0 Å². The summed E-state index contributed by atoms with van der Waals surface area (Å²) in [5.74, 6) is -0.203. The molecule has 1 amide bonds. The molecule has 0 aliphatic heterocycles. The number of likely N-dealkylation sites (N-methyl/N-ethyl adjacent to an activating group) is 1. The van der Waals surface area contributed by atoms with Gasteiger partial charge in [0.15, 0.2) is 0 Å². The van der Waals surface area contributed by atoms with Crippen LogP contribution in [0.1, 0.15) is 11.1 Å². The molecule has 0 fully saturated rings. The van der Waals surface area contributed by atoms with E-state index in [1.165, 1.54) is 33.7 Å². The lowest BCUT2D eigenvalue weighted by Crippen LogP contribution is -2.19. The van der Waals surface area contributed by atoms with Gasteiger partial charge in [0.25, 0.3) is 11.4 Å². The van der Waals surface area contributed by atoms with Crippen LogP contribution in [0.5, 0.6) is 5.75 Å². The van der Waals surface area contributed by atoms with Gasteiger partial charge in [-0.3, -0.25) is 9.59 Å². The Morgan fingerprint density at radius 1 is 1.08 bits per heavy atom. The SMILES string of the molecule is CN(C)C(=O)C=Cc1cccc(Cn2cc(-c3nc(-c4ccc(OC(F)(F)F)cc4)no3)ccc2=O)c1. The number of carbonyl (C=O) groups is 1. The van der Waals surface area contributed by atoms with Crippen molar-refractivity contribution in [2.45, 2.75) is 12.9 Å². The molecule has 0 radical (unpaired) electrons. The highest BCUT2D eigenvalue weighted by Gasteiger charge is 2.31. The molecule has 0 spiro atoms. The van der Waals surface area contributed by atoms with Crippen LogP contribution >= 0.6 is 0 Å². The number of nitrogens with zero attached hydrogens (tertiary/aromatic N) is 4. The molecule has 2 aromatic carbocycles. The molecule has 0 aliphatic carbocycles. The number of hydrogen-bond donors (Lipinski definition) is 0. The van der Waals surface area contributed by atoms with Crippen molar-refractivity contribution in [1.82, 2.24) is 19.6 Å². The first-order chi connectivity index (χ1) is 17.6. The summed E-state index contributed by atoms with van der Waals surface area (Å²) < 4.78 is 47.8. The van der Waals surface area contributed by atoms with Gasteiger partial charge in [0, 0.05) is 38.0 Å². The highest BCUT2D eigenvalue weighted by Crippen LogP contribution is 2.26. The van der Waals surface area contributed by atoms with Crippen molar-refractivity contribution in [2.75, 3.05) is 14.1 Å². The summed E-state index contributed by atoms with van der Waals surface area (Å²) in [5.41, 5.74) is 2.32. The summed E-state index contributed by atoms with van der Waals surface area (Å²) >= 11 is 0. The lowest BCUT2D eigenvalue weighted by molar-refractivity contribution is -0.274. The molecule has 4 rings (SSSR count). The van der Waals surface area contributed by atoms with Gasteiger partial charge in [0.1, 0.15) is 5.75 Å². The summed E-state index contributed by atoms with van der Waals surface area (Å²) in [6, 6.07) is 15.4. The van der Waals surface area contributed by atoms with Crippen molar-refractivity contribution < 1.29 is 27.2 Å². The fourth-order valence-corrected chi connectivity index (χ4v) is 3.35. The van der Waals surface area contributed by atoms with Gasteiger partial charge in [-0.15, -0.1) is 13.2 Å². The number of alkyl halides is 3. The zero-order chi connectivity index (χ0) is 26.6. The van der Waals surface area contributed by atoms with E-state index in [0.717, 1.165) is 23.3 Å². The molecule has 2 aromatic heterocycles. The van der Waals surface area contributed by atoms with E-state index < -0.39 is 6.36 Å². The smallest absolute Gasteiger partial charge is 0.406 e. The average molecular weight is 510 g/mol. The highest BCUT2D eigenvalue weighted by atomic mass is 19.4. The second-order valence-electron chi connectivity index (χ2n) is 8.19. The fourth-order valence-electron chi connectivity index (χ4n) is 3.35. The Kier molecular flexibility index (Phi) is 7.23. The molecule has 8 nitrogen and oxygen atoms in total. The minimum atomic E-state index is -4.78. The van der Waals surface area contributed by atoms with Crippen LogP contribution in [0.25, 0.3) is 28.9 Å². The number of amides is 1. The number of hydrogen-bond acceptors (Lipinski definition) is 6. The number of halogens is 3. The normalized spacial score (nSPS) is 11.6. The molecule has 2 heterocycles. The molecular weight excluding hydrogens is 489 g/mol. The number of benzene rings is 2. The van der Waals surface area contributed by atoms with Gasteiger partial charge in [0.2, 0.25) is 11.7 Å². The van der Waals surface area contributed by atoms with Crippen LogP contribution < -0.4 is 10.3 Å². The molecule has 0 saturated carbocycles. The topological polar surface area (TPSA) is 90.5 Å². The second-order valence-corrected chi connectivity index (χ2v) is 8.19. The predicted molar refractivity (Wildman–Crippen MR) is 129 cm³/mol. The van der Waals surface area contributed by atoms with Crippen LogP contribution in [0.15, 0.2) is 82.3 Å². The lowest BCUT2D eigenvalue weighted by atomic mass is 10.1. The molecule has 0 bridgehead atoms. The molecule has 0 N–H and O–H groups in total. The van der Waals surface area contributed by atoms with Gasteiger partial charge < -0.3 is 18.7 Å². The van der Waals surface area contributed by atoms with E-state index in [4.69, 9.17) is 4.52 Å². The van der Waals surface area contributed by atoms with Gasteiger partial charge >= 0.3 is 6.36 Å². The summed E-state index contributed by atoms with van der Waals surface area (Å²) in [7, 11) is 3.33. The van der Waals surface area contributed by atoms with Gasteiger partial charge in [-0.2, -0.15) is 4.98 Å². The first-order valence-corrected chi connectivity index (χ1v) is 11.0. The summed E-state index contributed by atoms with van der Waals surface area (Å²) in [6.07, 6.45) is -0.0339. The quantitative estimate of drug-likeness (QED) is 0.337. The van der Waals surface area contributed by atoms with E-state index >= 15 is 0 Å². The van der Waals surface area contributed by atoms with Crippen LogP contribution in [0.2, 0.25) is 0 Å².